The Morgan fingerprint density at radius 1 is 1.00 bits per heavy atom. The Labute approximate surface area is 279 Å². The molecule has 2 bridgehead atoms. The summed E-state index contributed by atoms with van der Waals surface area (Å²) in [5.41, 5.74) is 11.9. The van der Waals surface area contributed by atoms with Crippen molar-refractivity contribution < 1.29 is 17.9 Å². The monoisotopic (exact) mass is 665 g/mol. The first-order valence-electron chi connectivity index (χ1n) is 16.9. The molecular formula is C36H39N7O4S. The van der Waals surface area contributed by atoms with Crippen LogP contribution in [0.15, 0.2) is 59.5 Å². The van der Waals surface area contributed by atoms with Gasteiger partial charge in [-0.15, -0.1) is 0 Å². The number of ether oxygens (including phenoxy) is 1. The minimum atomic E-state index is -3.53. The van der Waals surface area contributed by atoms with E-state index in [0.717, 1.165) is 71.6 Å². The van der Waals surface area contributed by atoms with E-state index in [1.807, 2.05) is 46.8 Å². The molecule has 5 aromatic rings. The predicted octanol–water partition coefficient (Wildman–Crippen LogP) is 4.68. The molecule has 1 aliphatic heterocycles. The van der Waals surface area contributed by atoms with Crippen LogP contribution in [0.25, 0.3) is 44.8 Å². The first-order valence-corrected chi connectivity index (χ1v) is 18.4. The highest BCUT2D eigenvalue weighted by atomic mass is 32.2. The summed E-state index contributed by atoms with van der Waals surface area (Å²) in [6.07, 6.45) is 6.17. The fourth-order valence-electron chi connectivity index (χ4n) is 7.78. The molecule has 3 N–H and O–H groups in total. The van der Waals surface area contributed by atoms with Crippen LogP contribution in [0.1, 0.15) is 48.9 Å². The Balaban J connectivity index is 1.10. The Morgan fingerprint density at radius 2 is 1.79 bits per heavy atom. The lowest BCUT2D eigenvalue weighted by Gasteiger charge is -2.27. The number of hydrogen-bond acceptors (Lipinski definition) is 7. The Bertz CT molecular complexity index is 2220. The number of carbonyl (C=O) groups is 1. The molecule has 0 radical (unpaired) electrons. The highest BCUT2D eigenvalue weighted by Gasteiger charge is 2.47. The number of imidazole rings is 1. The van der Waals surface area contributed by atoms with Crippen molar-refractivity contribution in [3.63, 3.8) is 0 Å². The molecule has 0 unspecified atom stereocenters. The fraction of sp³-hybridized carbons (Fsp3) is 0.417. The molecule has 1 saturated heterocycles. The molecule has 248 valence electrons. The second-order valence-electron chi connectivity index (χ2n) is 14.1. The summed E-state index contributed by atoms with van der Waals surface area (Å²) < 4.78 is 38.3. The maximum absolute atomic E-state index is 13.8. The van der Waals surface area contributed by atoms with Gasteiger partial charge in [0.25, 0.3) is 5.91 Å². The van der Waals surface area contributed by atoms with E-state index in [1.165, 1.54) is 12.8 Å². The molecule has 4 heterocycles. The topological polar surface area (TPSA) is 137 Å². The lowest BCUT2D eigenvalue weighted by molar-refractivity contribution is 0.0700. The summed E-state index contributed by atoms with van der Waals surface area (Å²) in [4.78, 5) is 26.2. The smallest absolute Gasteiger partial charge is 0.254 e. The van der Waals surface area contributed by atoms with Gasteiger partial charge in [0, 0.05) is 54.8 Å². The van der Waals surface area contributed by atoms with E-state index < -0.39 is 10.0 Å². The molecule has 4 aliphatic rings. The molecule has 3 saturated carbocycles. The molecule has 12 heteroatoms. The van der Waals surface area contributed by atoms with Gasteiger partial charge in [0.05, 0.1) is 28.9 Å². The van der Waals surface area contributed by atoms with Crippen LogP contribution in [-0.4, -0.2) is 70.1 Å². The molecule has 3 atom stereocenters. The van der Waals surface area contributed by atoms with Crippen LogP contribution in [-0.2, 0) is 23.6 Å². The summed E-state index contributed by atoms with van der Waals surface area (Å²) >= 11 is 0. The Hall–Kier alpha value is -4.26. The van der Waals surface area contributed by atoms with Gasteiger partial charge in [0.1, 0.15) is 16.9 Å². The van der Waals surface area contributed by atoms with Gasteiger partial charge in [-0.1, -0.05) is 12.1 Å². The molecule has 4 fully saturated rings. The third-order valence-corrected chi connectivity index (χ3v) is 12.3. The van der Waals surface area contributed by atoms with Crippen LogP contribution >= 0.6 is 0 Å². The van der Waals surface area contributed by atoms with Crippen molar-refractivity contribution >= 4 is 38.0 Å². The molecule has 11 nitrogen and oxygen atoms in total. The van der Waals surface area contributed by atoms with Crippen molar-refractivity contribution in [2.75, 3.05) is 13.7 Å². The van der Waals surface area contributed by atoms with Crippen molar-refractivity contribution in [2.24, 2.45) is 24.6 Å². The van der Waals surface area contributed by atoms with Crippen LogP contribution in [0.4, 0.5) is 0 Å². The number of carbonyl (C=O) groups excluding carboxylic acids is 1. The van der Waals surface area contributed by atoms with Gasteiger partial charge in [-0.25, -0.2) is 23.1 Å². The minimum Gasteiger partial charge on any atom is -0.494 e. The summed E-state index contributed by atoms with van der Waals surface area (Å²) in [5, 5.41) is 0.998. The van der Waals surface area contributed by atoms with E-state index in [1.54, 1.807) is 19.2 Å². The highest BCUT2D eigenvalue weighted by Crippen LogP contribution is 2.40. The number of methoxy groups -OCH3 is 1. The van der Waals surface area contributed by atoms with Crippen molar-refractivity contribution in [2.45, 2.75) is 68.1 Å². The number of sulfonamides is 1. The quantitative estimate of drug-likeness (QED) is 0.233. The molecule has 1 amide bonds. The highest BCUT2D eigenvalue weighted by molar-refractivity contribution is 7.89. The van der Waals surface area contributed by atoms with Crippen molar-refractivity contribution in [1.29, 1.82) is 0 Å². The molecule has 3 aliphatic carbocycles. The minimum absolute atomic E-state index is 0.0190. The summed E-state index contributed by atoms with van der Waals surface area (Å²) in [7, 11) is 0.0877. The average Bonchev–Trinajstić information content (AvgIpc) is 3.98. The van der Waals surface area contributed by atoms with Crippen LogP contribution in [0.5, 0.6) is 5.75 Å². The number of nitrogens with zero attached hydrogens (tertiary/aromatic N) is 5. The zero-order valence-corrected chi connectivity index (χ0v) is 27.9. The third kappa shape index (κ3) is 4.91. The van der Waals surface area contributed by atoms with Crippen molar-refractivity contribution in [1.82, 2.24) is 28.7 Å². The lowest BCUT2D eigenvalue weighted by atomic mass is 10.1. The number of nitrogens with one attached hydrogen (secondary N) is 1. The number of benzene rings is 2. The zero-order valence-electron chi connectivity index (χ0n) is 27.1. The maximum Gasteiger partial charge on any atom is 0.254 e. The van der Waals surface area contributed by atoms with Crippen molar-refractivity contribution in [3.8, 4) is 28.5 Å². The van der Waals surface area contributed by atoms with E-state index in [4.69, 9.17) is 20.4 Å². The van der Waals surface area contributed by atoms with Crippen LogP contribution < -0.4 is 15.2 Å². The molecule has 2 aromatic carbocycles. The Morgan fingerprint density at radius 3 is 2.46 bits per heavy atom. The normalized spacial score (nSPS) is 22.3. The van der Waals surface area contributed by atoms with Gasteiger partial charge >= 0.3 is 0 Å². The second-order valence-corrected chi connectivity index (χ2v) is 15.8. The summed E-state index contributed by atoms with van der Waals surface area (Å²) in [6.45, 7) is 1.52. The number of rotatable bonds is 9. The SMILES string of the molecule is COc1cc(C(=O)N2C[C@H]3CC[C@@H]2[C@@H]3N)cc2nc(-c3cc4ccc(-c5ccc(S(=O)(=O)NC6CC6)cc5)nc4n3CC3CC3)n(C)c12. The van der Waals surface area contributed by atoms with Crippen LogP contribution in [0, 0.1) is 11.8 Å². The van der Waals surface area contributed by atoms with Gasteiger partial charge in [-0.3, -0.25) is 4.79 Å². The molecule has 0 spiro atoms. The first-order chi connectivity index (χ1) is 23.2. The number of amides is 1. The maximum atomic E-state index is 13.8. The number of fused-ring (bicyclic) bond motifs is 4. The zero-order chi connectivity index (χ0) is 32.9. The predicted molar refractivity (Wildman–Crippen MR) is 183 cm³/mol. The van der Waals surface area contributed by atoms with Crippen LogP contribution in [0.2, 0.25) is 0 Å². The van der Waals surface area contributed by atoms with Crippen molar-refractivity contribution in [3.05, 3.63) is 60.2 Å². The first kappa shape index (κ1) is 29.8. The number of aromatic nitrogens is 4. The van der Waals surface area contributed by atoms with E-state index in [-0.39, 0.29) is 28.9 Å². The molecule has 9 rings (SSSR count). The van der Waals surface area contributed by atoms with Crippen LogP contribution in [0.3, 0.4) is 0 Å². The average molecular weight is 666 g/mol. The van der Waals surface area contributed by atoms with E-state index in [2.05, 4.69) is 21.4 Å². The van der Waals surface area contributed by atoms with E-state index >= 15 is 0 Å². The number of aryl methyl sites for hydroxylation is 1. The van der Waals surface area contributed by atoms with Gasteiger partial charge in [0.15, 0.2) is 5.82 Å². The number of likely N-dealkylation sites (tertiary alicyclic amines) is 1. The fourth-order valence-corrected chi connectivity index (χ4v) is 9.08. The van der Waals surface area contributed by atoms with Gasteiger partial charge in [-0.05, 0) is 92.8 Å². The summed E-state index contributed by atoms with van der Waals surface area (Å²) in [6, 6.07) is 17.0. The number of hydrogen-bond donors (Lipinski definition) is 2. The third-order valence-electron chi connectivity index (χ3n) is 10.8. The number of piperidine rings is 1. The molecule has 48 heavy (non-hydrogen) atoms. The number of nitrogens with two attached hydrogens (primary N) is 1. The van der Waals surface area contributed by atoms with E-state index in [9.17, 15) is 13.2 Å². The second kappa shape index (κ2) is 10.9. The number of pyridine rings is 1. The summed E-state index contributed by atoms with van der Waals surface area (Å²) in [5.74, 6) is 2.30. The molecular weight excluding hydrogens is 627 g/mol. The standard InChI is InChI=1S/C36H39N7O4S/c1-41-33-28(15-24(17-31(33)47-2)36(44)43-19-23-8-14-29(43)32(23)37)39-35(41)30-16-22-7-13-27(38-34(22)42(30)18-20-3-4-20)21-5-11-26(12-6-21)48(45,46)40-25-9-10-25/h5-7,11-13,15-17,20,23,25,29,32,40H,3-4,8-10,14,18-19,37H2,1-2H3/t23-,29-,32-/m1/s1. The van der Waals surface area contributed by atoms with Gasteiger partial charge < -0.3 is 24.5 Å². The Kier molecular flexibility index (Phi) is 6.76. The van der Waals surface area contributed by atoms with Gasteiger partial charge in [0.2, 0.25) is 10.0 Å². The van der Waals surface area contributed by atoms with E-state index in [0.29, 0.717) is 35.2 Å². The largest absolute Gasteiger partial charge is 0.494 e. The van der Waals surface area contributed by atoms with Gasteiger partial charge in [-0.2, -0.15) is 0 Å². The molecule has 3 aromatic heterocycles. The lowest BCUT2D eigenvalue weighted by Crippen LogP contribution is -2.41.